The van der Waals surface area contributed by atoms with E-state index in [4.69, 9.17) is 0 Å². The van der Waals surface area contributed by atoms with Crippen LogP contribution in [-0.2, 0) is 6.42 Å². The summed E-state index contributed by atoms with van der Waals surface area (Å²) >= 11 is 0. The number of aryl methyl sites for hydroxylation is 2. The highest BCUT2D eigenvalue weighted by molar-refractivity contribution is 5.22. The molecule has 1 N–H and O–H groups in total. The topological polar surface area (TPSA) is 12.0 Å². The highest BCUT2D eigenvalue weighted by Crippen LogP contribution is 2.05. The van der Waals surface area contributed by atoms with E-state index in [1.807, 2.05) is 0 Å². The molecule has 0 aromatic heterocycles. The molecule has 1 nitrogen and oxygen atoms in total. The van der Waals surface area contributed by atoms with Gasteiger partial charge < -0.3 is 5.32 Å². The molecule has 0 saturated heterocycles. The summed E-state index contributed by atoms with van der Waals surface area (Å²) in [6.07, 6.45) is 2.42. The lowest BCUT2D eigenvalue weighted by atomic mass is 10.1. The van der Waals surface area contributed by atoms with E-state index in [2.05, 4.69) is 50.4 Å². The van der Waals surface area contributed by atoms with Gasteiger partial charge in [-0.05, 0) is 44.3 Å². The van der Waals surface area contributed by atoms with Crippen LogP contribution in [-0.4, -0.2) is 13.1 Å². The zero-order valence-corrected chi connectivity index (χ0v) is 10.2. The molecule has 0 radical (unpaired) electrons. The van der Waals surface area contributed by atoms with Crippen molar-refractivity contribution < 1.29 is 0 Å². The molecule has 0 aliphatic heterocycles. The lowest BCUT2D eigenvalue weighted by molar-refractivity contribution is 0.543. The van der Waals surface area contributed by atoms with Gasteiger partial charge in [-0.3, -0.25) is 0 Å². The fourth-order valence-corrected chi connectivity index (χ4v) is 1.68. The van der Waals surface area contributed by atoms with Crippen molar-refractivity contribution in [3.05, 3.63) is 35.4 Å². The number of hydrogen-bond acceptors (Lipinski definition) is 1. The zero-order valence-electron chi connectivity index (χ0n) is 10.2. The molecule has 0 unspecified atom stereocenters. The maximum Gasteiger partial charge on any atom is -0.00258 e. The Labute approximate surface area is 93.9 Å². The molecule has 0 spiro atoms. The van der Waals surface area contributed by atoms with E-state index in [0.717, 1.165) is 19.0 Å². The van der Waals surface area contributed by atoms with E-state index in [0.29, 0.717) is 0 Å². The van der Waals surface area contributed by atoms with Crippen molar-refractivity contribution in [2.45, 2.75) is 33.6 Å². The Balaban J connectivity index is 2.15. The fraction of sp³-hybridized carbons (Fsp3) is 0.571. The maximum absolute atomic E-state index is 3.47. The molecule has 0 bridgehead atoms. The molecule has 0 aliphatic carbocycles. The molecule has 0 amide bonds. The van der Waals surface area contributed by atoms with Crippen molar-refractivity contribution in [2.24, 2.45) is 5.92 Å². The van der Waals surface area contributed by atoms with E-state index < -0.39 is 0 Å². The van der Waals surface area contributed by atoms with Crippen molar-refractivity contribution in [3.8, 4) is 0 Å². The first-order valence-electron chi connectivity index (χ1n) is 5.94. The van der Waals surface area contributed by atoms with Gasteiger partial charge in [-0.15, -0.1) is 0 Å². The van der Waals surface area contributed by atoms with Crippen LogP contribution in [0.25, 0.3) is 0 Å². The third-order valence-corrected chi connectivity index (χ3v) is 2.45. The molecule has 0 saturated carbocycles. The maximum atomic E-state index is 3.47. The Hall–Kier alpha value is -0.820. The van der Waals surface area contributed by atoms with Gasteiger partial charge in [-0.25, -0.2) is 0 Å². The van der Waals surface area contributed by atoms with Crippen LogP contribution in [0.2, 0.25) is 0 Å². The molecule has 1 aromatic rings. The summed E-state index contributed by atoms with van der Waals surface area (Å²) in [7, 11) is 0. The summed E-state index contributed by atoms with van der Waals surface area (Å²) in [6, 6.07) is 8.80. The van der Waals surface area contributed by atoms with Crippen molar-refractivity contribution in [3.63, 3.8) is 0 Å². The van der Waals surface area contributed by atoms with Gasteiger partial charge in [0.15, 0.2) is 0 Å². The predicted molar refractivity (Wildman–Crippen MR) is 67.2 cm³/mol. The quantitative estimate of drug-likeness (QED) is 0.703. The van der Waals surface area contributed by atoms with Gasteiger partial charge in [0.2, 0.25) is 0 Å². The summed E-state index contributed by atoms with van der Waals surface area (Å²) < 4.78 is 0. The smallest absolute Gasteiger partial charge is 0.00258 e. The third kappa shape index (κ3) is 5.58. The van der Waals surface area contributed by atoms with Gasteiger partial charge in [-0.1, -0.05) is 43.7 Å². The first-order chi connectivity index (χ1) is 7.18. The standard InChI is InChI=1S/C14H23N/c1-12(2)11-15-9-5-8-14-7-4-6-13(3)10-14/h4,6-7,10,12,15H,5,8-9,11H2,1-3H3. The Morgan fingerprint density at radius 2 is 2.07 bits per heavy atom. The number of rotatable bonds is 6. The van der Waals surface area contributed by atoms with Crippen LogP contribution < -0.4 is 5.32 Å². The molecule has 0 heterocycles. The average molecular weight is 205 g/mol. The molecule has 1 aromatic carbocycles. The molecule has 0 fully saturated rings. The SMILES string of the molecule is Cc1cccc(CCCNCC(C)C)c1. The second-order valence-electron chi connectivity index (χ2n) is 4.69. The normalized spacial score (nSPS) is 10.9. The lowest BCUT2D eigenvalue weighted by Gasteiger charge is -2.07. The van der Waals surface area contributed by atoms with E-state index >= 15 is 0 Å². The van der Waals surface area contributed by atoms with Crippen LogP contribution in [0.1, 0.15) is 31.4 Å². The first-order valence-corrected chi connectivity index (χ1v) is 5.94. The average Bonchev–Trinajstić information content (AvgIpc) is 2.17. The number of hydrogen-bond donors (Lipinski definition) is 1. The monoisotopic (exact) mass is 205 g/mol. The Bertz CT molecular complexity index is 278. The minimum absolute atomic E-state index is 0.754. The molecule has 0 atom stereocenters. The number of nitrogens with one attached hydrogen (secondary N) is 1. The molecule has 1 heteroatoms. The van der Waals surface area contributed by atoms with Crippen LogP contribution in [0.5, 0.6) is 0 Å². The van der Waals surface area contributed by atoms with E-state index in [1.165, 1.54) is 24.0 Å². The highest BCUT2D eigenvalue weighted by atomic mass is 14.8. The minimum atomic E-state index is 0.754. The summed E-state index contributed by atoms with van der Waals surface area (Å²) in [5, 5.41) is 3.47. The summed E-state index contributed by atoms with van der Waals surface area (Å²) in [5.41, 5.74) is 2.82. The van der Waals surface area contributed by atoms with Crippen LogP contribution in [0, 0.1) is 12.8 Å². The van der Waals surface area contributed by atoms with Gasteiger partial charge in [0.1, 0.15) is 0 Å². The zero-order chi connectivity index (χ0) is 11.1. The van der Waals surface area contributed by atoms with Crippen molar-refractivity contribution in [1.82, 2.24) is 5.32 Å². The van der Waals surface area contributed by atoms with Crippen LogP contribution in [0.3, 0.4) is 0 Å². The van der Waals surface area contributed by atoms with Crippen molar-refractivity contribution in [1.29, 1.82) is 0 Å². The van der Waals surface area contributed by atoms with E-state index in [1.54, 1.807) is 0 Å². The fourth-order valence-electron chi connectivity index (χ4n) is 1.68. The van der Waals surface area contributed by atoms with Gasteiger partial charge in [0.05, 0.1) is 0 Å². The first kappa shape index (κ1) is 12.3. The van der Waals surface area contributed by atoms with Crippen LogP contribution in [0.15, 0.2) is 24.3 Å². The van der Waals surface area contributed by atoms with E-state index in [-0.39, 0.29) is 0 Å². The van der Waals surface area contributed by atoms with Gasteiger partial charge in [-0.2, -0.15) is 0 Å². The highest BCUT2D eigenvalue weighted by Gasteiger charge is 1.95. The Morgan fingerprint density at radius 1 is 1.27 bits per heavy atom. The molecule has 15 heavy (non-hydrogen) atoms. The van der Waals surface area contributed by atoms with Gasteiger partial charge in [0, 0.05) is 0 Å². The number of benzene rings is 1. The third-order valence-electron chi connectivity index (χ3n) is 2.45. The van der Waals surface area contributed by atoms with Crippen LogP contribution >= 0.6 is 0 Å². The molecule has 84 valence electrons. The second-order valence-corrected chi connectivity index (χ2v) is 4.69. The summed E-state index contributed by atoms with van der Waals surface area (Å²) in [5.74, 6) is 0.754. The van der Waals surface area contributed by atoms with Gasteiger partial charge in [0.25, 0.3) is 0 Å². The molecular formula is C14H23N. The molecule has 0 aliphatic rings. The second kappa shape index (κ2) is 6.62. The van der Waals surface area contributed by atoms with Crippen molar-refractivity contribution >= 4 is 0 Å². The lowest BCUT2D eigenvalue weighted by Crippen LogP contribution is -2.21. The Morgan fingerprint density at radius 3 is 2.73 bits per heavy atom. The predicted octanol–water partition coefficient (Wildman–Crippen LogP) is 3.17. The van der Waals surface area contributed by atoms with Crippen molar-refractivity contribution in [2.75, 3.05) is 13.1 Å². The van der Waals surface area contributed by atoms with Crippen LogP contribution in [0.4, 0.5) is 0 Å². The Kier molecular flexibility index (Phi) is 5.41. The van der Waals surface area contributed by atoms with Gasteiger partial charge >= 0.3 is 0 Å². The summed E-state index contributed by atoms with van der Waals surface area (Å²) in [6.45, 7) is 8.90. The summed E-state index contributed by atoms with van der Waals surface area (Å²) in [4.78, 5) is 0. The van der Waals surface area contributed by atoms with E-state index in [9.17, 15) is 0 Å². The molecular weight excluding hydrogens is 182 g/mol. The molecule has 1 rings (SSSR count). The largest absolute Gasteiger partial charge is 0.316 e. The minimum Gasteiger partial charge on any atom is -0.316 e.